The Morgan fingerprint density at radius 2 is 1.80 bits per heavy atom. The zero-order valence-corrected chi connectivity index (χ0v) is 12.4. The molecule has 0 aliphatic heterocycles. The number of hydrogen-bond acceptors (Lipinski definition) is 3. The van der Waals surface area contributed by atoms with Gasteiger partial charge in [0.1, 0.15) is 17.1 Å². The van der Waals surface area contributed by atoms with Crippen molar-refractivity contribution in [2.45, 2.75) is 12.5 Å². The van der Waals surface area contributed by atoms with E-state index in [1.54, 1.807) is 57.5 Å². The fourth-order valence-corrected chi connectivity index (χ4v) is 2.33. The van der Waals surface area contributed by atoms with Crippen LogP contribution in [0.2, 0.25) is 5.02 Å². The molecular formula is C16H17ClO3. The van der Waals surface area contributed by atoms with Gasteiger partial charge in [-0.15, -0.1) is 0 Å². The molecule has 2 aromatic carbocycles. The highest BCUT2D eigenvalue weighted by molar-refractivity contribution is 6.30. The summed E-state index contributed by atoms with van der Waals surface area (Å²) >= 11 is 6.00. The molecule has 2 rings (SSSR count). The van der Waals surface area contributed by atoms with Crippen LogP contribution in [-0.2, 0) is 5.60 Å². The first-order valence-electron chi connectivity index (χ1n) is 6.20. The summed E-state index contributed by atoms with van der Waals surface area (Å²) in [6, 6.07) is 12.5. The lowest BCUT2D eigenvalue weighted by molar-refractivity contribution is 0.0986. The van der Waals surface area contributed by atoms with Crippen molar-refractivity contribution in [3.05, 3.63) is 58.6 Å². The highest BCUT2D eigenvalue weighted by atomic mass is 35.5. The van der Waals surface area contributed by atoms with E-state index in [1.807, 2.05) is 6.07 Å². The van der Waals surface area contributed by atoms with E-state index in [2.05, 4.69) is 0 Å². The number of ether oxygens (including phenoxy) is 2. The quantitative estimate of drug-likeness (QED) is 0.935. The molecule has 0 amide bonds. The maximum Gasteiger partial charge on any atom is 0.125 e. The first-order chi connectivity index (χ1) is 9.48. The lowest BCUT2D eigenvalue weighted by Gasteiger charge is -2.27. The van der Waals surface area contributed by atoms with Gasteiger partial charge in [-0.05, 0) is 42.8 Å². The van der Waals surface area contributed by atoms with E-state index in [1.165, 1.54) is 0 Å². The van der Waals surface area contributed by atoms with E-state index < -0.39 is 5.60 Å². The number of methoxy groups -OCH3 is 2. The number of halogens is 1. The average Bonchev–Trinajstić information content (AvgIpc) is 2.46. The number of benzene rings is 2. The second-order valence-corrected chi connectivity index (χ2v) is 5.09. The van der Waals surface area contributed by atoms with Crippen LogP contribution in [0.1, 0.15) is 18.1 Å². The Kier molecular flexibility index (Phi) is 4.21. The van der Waals surface area contributed by atoms with Crippen LogP contribution >= 0.6 is 11.6 Å². The van der Waals surface area contributed by atoms with E-state index in [9.17, 15) is 5.11 Å². The van der Waals surface area contributed by atoms with Crippen molar-refractivity contribution in [1.29, 1.82) is 0 Å². The van der Waals surface area contributed by atoms with Gasteiger partial charge in [-0.25, -0.2) is 0 Å². The molecule has 0 aliphatic carbocycles. The summed E-state index contributed by atoms with van der Waals surface area (Å²) in [5.41, 5.74) is 0.0864. The number of aliphatic hydroxyl groups is 1. The SMILES string of the molecule is COc1ccc(OC)c(C(C)(O)c2cccc(Cl)c2)c1. The predicted molar refractivity (Wildman–Crippen MR) is 79.7 cm³/mol. The summed E-state index contributed by atoms with van der Waals surface area (Å²) in [6.45, 7) is 1.70. The van der Waals surface area contributed by atoms with Crippen molar-refractivity contribution in [2.75, 3.05) is 14.2 Å². The largest absolute Gasteiger partial charge is 0.497 e. The summed E-state index contributed by atoms with van der Waals surface area (Å²) in [7, 11) is 3.15. The molecule has 0 aliphatic rings. The van der Waals surface area contributed by atoms with Gasteiger partial charge in [0.15, 0.2) is 0 Å². The van der Waals surface area contributed by atoms with Gasteiger partial charge < -0.3 is 14.6 Å². The Bertz CT molecular complexity index is 608. The Balaban J connectivity index is 2.58. The summed E-state index contributed by atoms with van der Waals surface area (Å²) in [4.78, 5) is 0. The molecule has 0 saturated carbocycles. The third-order valence-corrected chi connectivity index (χ3v) is 3.55. The van der Waals surface area contributed by atoms with Crippen LogP contribution in [0.15, 0.2) is 42.5 Å². The molecule has 1 atom stereocenters. The molecule has 2 aromatic rings. The number of hydrogen-bond donors (Lipinski definition) is 1. The summed E-state index contributed by atoms with van der Waals surface area (Å²) in [6.07, 6.45) is 0. The molecule has 0 aromatic heterocycles. The Morgan fingerprint density at radius 1 is 1.05 bits per heavy atom. The van der Waals surface area contributed by atoms with Crippen molar-refractivity contribution in [1.82, 2.24) is 0 Å². The first-order valence-corrected chi connectivity index (χ1v) is 6.57. The van der Waals surface area contributed by atoms with E-state index >= 15 is 0 Å². The molecular weight excluding hydrogens is 276 g/mol. The Hall–Kier alpha value is -1.71. The van der Waals surface area contributed by atoms with E-state index in [-0.39, 0.29) is 0 Å². The first kappa shape index (κ1) is 14.7. The van der Waals surface area contributed by atoms with Crippen LogP contribution in [0.5, 0.6) is 11.5 Å². The second kappa shape index (κ2) is 5.73. The van der Waals surface area contributed by atoms with Crippen LogP contribution in [0.4, 0.5) is 0 Å². The molecule has 0 spiro atoms. The van der Waals surface area contributed by atoms with E-state index in [0.717, 1.165) is 0 Å². The van der Waals surface area contributed by atoms with Crippen LogP contribution in [0.3, 0.4) is 0 Å². The van der Waals surface area contributed by atoms with Gasteiger partial charge in [-0.2, -0.15) is 0 Å². The molecule has 1 N–H and O–H groups in total. The maximum atomic E-state index is 10.9. The van der Waals surface area contributed by atoms with Crippen molar-refractivity contribution in [3.63, 3.8) is 0 Å². The fraction of sp³-hybridized carbons (Fsp3) is 0.250. The van der Waals surface area contributed by atoms with Crippen molar-refractivity contribution in [3.8, 4) is 11.5 Å². The molecule has 4 heteroatoms. The topological polar surface area (TPSA) is 38.7 Å². The van der Waals surface area contributed by atoms with Gasteiger partial charge >= 0.3 is 0 Å². The monoisotopic (exact) mass is 292 g/mol. The van der Waals surface area contributed by atoms with Crippen molar-refractivity contribution in [2.24, 2.45) is 0 Å². The van der Waals surface area contributed by atoms with Crippen molar-refractivity contribution >= 4 is 11.6 Å². The Labute approximate surface area is 123 Å². The number of rotatable bonds is 4. The summed E-state index contributed by atoms with van der Waals surface area (Å²) in [5.74, 6) is 1.25. The Morgan fingerprint density at radius 3 is 2.40 bits per heavy atom. The molecule has 106 valence electrons. The molecule has 20 heavy (non-hydrogen) atoms. The molecule has 0 bridgehead atoms. The predicted octanol–water partition coefficient (Wildman–Crippen LogP) is 3.61. The van der Waals surface area contributed by atoms with Crippen LogP contribution in [-0.4, -0.2) is 19.3 Å². The molecule has 0 heterocycles. The summed E-state index contributed by atoms with van der Waals surface area (Å²) < 4.78 is 10.6. The fourth-order valence-electron chi connectivity index (χ4n) is 2.14. The van der Waals surface area contributed by atoms with Gasteiger partial charge in [0, 0.05) is 10.6 Å². The summed E-state index contributed by atoms with van der Waals surface area (Å²) in [5, 5.41) is 11.5. The minimum absolute atomic E-state index is 0.574. The molecule has 0 radical (unpaired) electrons. The highest BCUT2D eigenvalue weighted by Crippen LogP contribution is 2.38. The molecule has 0 fully saturated rings. The minimum atomic E-state index is -1.23. The normalized spacial score (nSPS) is 13.7. The van der Waals surface area contributed by atoms with Gasteiger partial charge in [-0.1, -0.05) is 23.7 Å². The molecule has 3 nitrogen and oxygen atoms in total. The zero-order chi connectivity index (χ0) is 14.8. The second-order valence-electron chi connectivity index (χ2n) is 4.65. The zero-order valence-electron chi connectivity index (χ0n) is 11.7. The van der Waals surface area contributed by atoms with Crippen LogP contribution < -0.4 is 9.47 Å². The lowest BCUT2D eigenvalue weighted by atomic mass is 9.87. The molecule has 0 saturated heterocycles. The minimum Gasteiger partial charge on any atom is -0.497 e. The standard InChI is InChI=1S/C16H17ClO3/c1-16(18,11-5-4-6-12(17)9-11)14-10-13(19-2)7-8-15(14)20-3/h4-10,18H,1-3H3. The van der Waals surface area contributed by atoms with Crippen LogP contribution in [0, 0.1) is 0 Å². The van der Waals surface area contributed by atoms with Gasteiger partial charge in [0.25, 0.3) is 0 Å². The molecule has 1 unspecified atom stereocenters. The van der Waals surface area contributed by atoms with Crippen molar-refractivity contribution < 1.29 is 14.6 Å². The lowest BCUT2D eigenvalue weighted by Crippen LogP contribution is -2.23. The van der Waals surface area contributed by atoms with Gasteiger partial charge in [0.2, 0.25) is 0 Å². The average molecular weight is 293 g/mol. The van der Waals surface area contributed by atoms with Gasteiger partial charge in [-0.3, -0.25) is 0 Å². The van der Waals surface area contributed by atoms with Gasteiger partial charge in [0.05, 0.1) is 14.2 Å². The highest BCUT2D eigenvalue weighted by Gasteiger charge is 2.29. The smallest absolute Gasteiger partial charge is 0.125 e. The third-order valence-electron chi connectivity index (χ3n) is 3.32. The third kappa shape index (κ3) is 2.74. The maximum absolute atomic E-state index is 10.9. The van der Waals surface area contributed by atoms with E-state index in [4.69, 9.17) is 21.1 Å². The van der Waals surface area contributed by atoms with E-state index in [0.29, 0.717) is 27.6 Å². The van der Waals surface area contributed by atoms with Crippen LogP contribution in [0.25, 0.3) is 0 Å².